The van der Waals surface area contributed by atoms with Crippen LogP contribution in [-0.2, 0) is 12.7 Å². The number of hydrogen-bond donors (Lipinski definition) is 0. The molecule has 0 spiro atoms. The van der Waals surface area contributed by atoms with Gasteiger partial charge in [0.05, 0.1) is 0 Å². The van der Waals surface area contributed by atoms with Crippen LogP contribution < -0.4 is 0 Å². The van der Waals surface area contributed by atoms with Crippen LogP contribution in [0.1, 0.15) is 12.7 Å². The minimum absolute atomic E-state index is 0.0337. The summed E-state index contributed by atoms with van der Waals surface area (Å²) in [4.78, 5) is 11.0. The lowest BCUT2D eigenvalue weighted by molar-refractivity contribution is -0.147. The van der Waals surface area contributed by atoms with Gasteiger partial charge in [0, 0.05) is 24.5 Å². The smallest absolute Gasteiger partial charge is 0.311 e. The number of hydrogen-bond acceptors (Lipinski definition) is 3. The van der Waals surface area contributed by atoms with Crippen LogP contribution in [0.4, 0.5) is 13.2 Å². The molecular weight excluding hydrogens is 269 g/mol. The molecule has 0 saturated heterocycles. The second-order valence-corrected chi connectivity index (χ2v) is 3.80. The molecule has 0 atom stereocenters. The molecule has 4 nitrogen and oxygen atoms in total. The molecule has 18 heavy (non-hydrogen) atoms. The summed E-state index contributed by atoms with van der Waals surface area (Å²) >= 11 is 5.92. The van der Waals surface area contributed by atoms with Crippen molar-refractivity contribution in [3.8, 4) is 11.3 Å². The molecule has 0 aliphatic rings. The number of aromatic nitrogens is 4. The van der Waals surface area contributed by atoms with Crippen molar-refractivity contribution in [3.63, 3.8) is 0 Å². The quantitative estimate of drug-likeness (QED) is 0.847. The fourth-order valence-corrected chi connectivity index (χ4v) is 1.89. The van der Waals surface area contributed by atoms with Crippen molar-refractivity contribution in [2.24, 2.45) is 0 Å². The number of imidazole rings is 1. The Balaban J connectivity index is 2.61. The molecule has 8 heteroatoms. The molecule has 96 valence electrons. The average Bonchev–Trinajstić information content (AvgIpc) is 2.67. The Kier molecular flexibility index (Phi) is 3.25. The molecule has 0 aliphatic carbocycles. The zero-order chi connectivity index (χ0) is 13.3. The van der Waals surface area contributed by atoms with E-state index in [0.717, 1.165) is 4.57 Å². The standard InChI is InChI=1S/C10H8ClF3N4/c1-2-18-8(11)7(6-3-15-5-16-4-6)17-9(18)10(12,13)14/h3-5H,2H2,1H3. The van der Waals surface area contributed by atoms with E-state index < -0.39 is 12.0 Å². The van der Waals surface area contributed by atoms with Gasteiger partial charge in [-0.3, -0.25) is 0 Å². The number of rotatable bonds is 2. The van der Waals surface area contributed by atoms with Crippen molar-refractivity contribution in [3.05, 3.63) is 29.7 Å². The van der Waals surface area contributed by atoms with Gasteiger partial charge in [-0.15, -0.1) is 0 Å². The predicted molar refractivity (Wildman–Crippen MR) is 58.9 cm³/mol. The summed E-state index contributed by atoms with van der Waals surface area (Å²) in [5, 5.41) is -0.0698. The second kappa shape index (κ2) is 4.56. The Morgan fingerprint density at radius 2 is 1.89 bits per heavy atom. The molecule has 2 aromatic rings. The monoisotopic (exact) mass is 276 g/mol. The van der Waals surface area contributed by atoms with Crippen molar-refractivity contribution >= 4 is 11.6 Å². The van der Waals surface area contributed by atoms with Gasteiger partial charge in [-0.2, -0.15) is 13.2 Å². The van der Waals surface area contributed by atoms with E-state index in [9.17, 15) is 13.2 Å². The summed E-state index contributed by atoms with van der Waals surface area (Å²) in [6.07, 6.45) is -0.546. The van der Waals surface area contributed by atoms with Gasteiger partial charge in [0.1, 0.15) is 17.2 Å². The highest BCUT2D eigenvalue weighted by atomic mass is 35.5. The van der Waals surface area contributed by atoms with Crippen molar-refractivity contribution in [1.82, 2.24) is 19.5 Å². The SMILES string of the molecule is CCn1c(C(F)(F)F)nc(-c2cncnc2)c1Cl. The molecule has 2 heterocycles. The fraction of sp³-hybridized carbons (Fsp3) is 0.300. The van der Waals surface area contributed by atoms with Gasteiger partial charge >= 0.3 is 6.18 Å². The molecule has 0 radical (unpaired) electrons. The largest absolute Gasteiger partial charge is 0.449 e. The van der Waals surface area contributed by atoms with E-state index in [2.05, 4.69) is 15.0 Å². The maximum atomic E-state index is 12.8. The Labute approximate surface area is 105 Å². The lowest BCUT2D eigenvalue weighted by Gasteiger charge is -2.08. The number of nitrogens with zero attached hydrogens (tertiary/aromatic N) is 4. The van der Waals surface area contributed by atoms with E-state index in [-0.39, 0.29) is 17.4 Å². The average molecular weight is 277 g/mol. The van der Waals surface area contributed by atoms with Crippen LogP contribution in [0.2, 0.25) is 5.15 Å². The topological polar surface area (TPSA) is 43.6 Å². The summed E-state index contributed by atoms with van der Waals surface area (Å²) in [6, 6.07) is 0. The lowest BCUT2D eigenvalue weighted by Crippen LogP contribution is -2.14. The van der Waals surface area contributed by atoms with E-state index in [0.29, 0.717) is 5.56 Å². The molecule has 0 unspecified atom stereocenters. The van der Waals surface area contributed by atoms with Gasteiger partial charge in [0.25, 0.3) is 0 Å². The highest BCUT2D eigenvalue weighted by Crippen LogP contribution is 2.35. The van der Waals surface area contributed by atoms with Gasteiger partial charge in [-0.25, -0.2) is 15.0 Å². The fourth-order valence-electron chi connectivity index (χ4n) is 1.54. The van der Waals surface area contributed by atoms with Crippen LogP contribution in [0.25, 0.3) is 11.3 Å². The molecule has 0 bridgehead atoms. The van der Waals surface area contributed by atoms with Gasteiger partial charge < -0.3 is 4.57 Å². The molecule has 0 aromatic carbocycles. The van der Waals surface area contributed by atoms with Crippen LogP contribution in [0.3, 0.4) is 0 Å². The summed E-state index contributed by atoms with van der Waals surface area (Å²) < 4.78 is 39.2. The minimum Gasteiger partial charge on any atom is -0.311 e. The predicted octanol–water partition coefficient (Wildman–Crippen LogP) is 3.03. The summed E-state index contributed by atoms with van der Waals surface area (Å²) in [5.41, 5.74) is 0.381. The van der Waals surface area contributed by atoms with E-state index in [1.54, 1.807) is 6.92 Å². The van der Waals surface area contributed by atoms with Crippen LogP contribution >= 0.6 is 11.6 Å². The van der Waals surface area contributed by atoms with Crippen molar-refractivity contribution in [2.45, 2.75) is 19.6 Å². The maximum absolute atomic E-state index is 12.8. The second-order valence-electron chi connectivity index (χ2n) is 3.44. The number of alkyl halides is 3. The molecule has 2 rings (SSSR count). The maximum Gasteiger partial charge on any atom is 0.449 e. The Morgan fingerprint density at radius 1 is 1.28 bits per heavy atom. The first-order chi connectivity index (χ1) is 8.45. The molecule has 0 N–H and O–H groups in total. The lowest BCUT2D eigenvalue weighted by atomic mass is 10.3. The molecule has 2 aromatic heterocycles. The third-order valence-electron chi connectivity index (χ3n) is 2.31. The highest BCUT2D eigenvalue weighted by Gasteiger charge is 2.38. The number of halogens is 4. The first-order valence-electron chi connectivity index (χ1n) is 5.03. The zero-order valence-corrected chi connectivity index (χ0v) is 10.00. The van der Waals surface area contributed by atoms with Crippen LogP contribution in [0.5, 0.6) is 0 Å². The van der Waals surface area contributed by atoms with Crippen molar-refractivity contribution in [1.29, 1.82) is 0 Å². The molecule has 0 aliphatic heterocycles. The van der Waals surface area contributed by atoms with Gasteiger partial charge in [-0.05, 0) is 6.92 Å². The molecule has 0 saturated carbocycles. The minimum atomic E-state index is -4.55. The summed E-state index contributed by atoms with van der Waals surface area (Å²) in [7, 11) is 0. The normalized spacial score (nSPS) is 11.8. The van der Waals surface area contributed by atoms with E-state index in [1.165, 1.54) is 18.7 Å². The first kappa shape index (κ1) is 12.8. The molecule has 0 amide bonds. The third kappa shape index (κ3) is 2.17. The van der Waals surface area contributed by atoms with Crippen molar-refractivity contribution < 1.29 is 13.2 Å². The van der Waals surface area contributed by atoms with Gasteiger partial charge in [0.2, 0.25) is 5.82 Å². The Morgan fingerprint density at radius 3 is 2.33 bits per heavy atom. The van der Waals surface area contributed by atoms with E-state index >= 15 is 0 Å². The van der Waals surface area contributed by atoms with Crippen LogP contribution in [0.15, 0.2) is 18.7 Å². The highest BCUT2D eigenvalue weighted by molar-refractivity contribution is 6.32. The Hall–Kier alpha value is -1.63. The first-order valence-corrected chi connectivity index (χ1v) is 5.41. The Bertz CT molecular complexity index is 550. The molecule has 0 fully saturated rings. The third-order valence-corrected chi connectivity index (χ3v) is 2.69. The van der Waals surface area contributed by atoms with Crippen LogP contribution in [0, 0.1) is 0 Å². The van der Waals surface area contributed by atoms with Gasteiger partial charge in [-0.1, -0.05) is 11.6 Å². The zero-order valence-electron chi connectivity index (χ0n) is 9.24. The van der Waals surface area contributed by atoms with E-state index in [1.807, 2.05) is 0 Å². The van der Waals surface area contributed by atoms with Crippen molar-refractivity contribution in [2.75, 3.05) is 0 Å². The van der Waals surface area contributed by atoms with Gasteiger partial charge in [0.15, 0.2) is 0 Å². The summed E-state index contributed by atoms with van der Waals surface area (Å²) in [6.45, 7) is 1.64. The van der Waals surface area contributed by atoms with E-state index in [4.69, 9.17) is 11.6 Å². The molecular formula is C10H8ClF3N4. The van der Waals surface area contributed by atoms with Crippen LogP contribution in [-0.4, -0.2) is 19.5 Å². The summed E-state index contributed by atoms with van der Waals surface area (Å²) in [5.74, 6) is -1.02.